The minimum atomic E-state index is 0.133. The van der Waals surface area contributed by atoms with E-state index in [0.717, 1.165) is 45.7 Å². The zero-order valence-electron chi connectivity index (χ0n) is 15.3. The third-order valence-corrected chi connectivity index (χ3v) is 5.50. The standard InChI is InChI=1S/C20H27N5O/c1-23-15-16(14-22-23)18-13-19(18)20(26)21-7-8-24-9-11-25(12-10-24)17-5-3-2-4-6-17/h2-6,14-15,18-19H,7-13H2,1H3,(H,21,26). The first-order chi connectivity index (χ1) is 12.7. The van der Waals surface area contributed by atoms with Crippen molar-refractivity contribution in [3.8, 4) is 0 Å². The molecule has 2 heterocycles. The van der Waals surface area contributed by atoms with E-state index in [1.165, 1.54) is 11.3 Å². The van der Waals surface area contributed by atoms with Crippen molar-refractivity contribution in [2.75, 3.05) is 44.2 Å². The zero-order chi connectivity index (χ0) is 17.9. The molecule has 1 aromatic heterocycles. The van der Waals surface area contributed by atoms with E-state index in [9.17, 15) is 4.79 Å². The minimum Gasteiger partial charge on any atom is -0.369 e. The molecule has 1 aromatic carbocycles. The summed E-state index contributed by atoms with van der Waals surface area (Å²) < 4.78 is 1.80. The Morgan fingerprint density at radius 1 is 1.19 bits per heavy atom. The molecule has 1 aliphatic carbocycles. The van der Waals surface area contributed by atoms with Crippen LogP contribution in [0.25, 0.3) is 0 Å². The average Bonchev–Trinajstić information content (AvgIpc) is 3.37. The third kappa shape index (κ3) is 3.90. The van der Waals surface area contributed by atoms with E-state index < -0.39 is 0 Å². The highest BCUT2D eigenvalue weighted by atomic mass is 16.2. The summed E-state index contributed by atoms with van der Waals surface area (Å²) in [5.41, 5.74) is 2.49. The number of benzene rings is 1. The molecule has 26 heavy (non-hydrogen) atoms. The van der Waals surface area contributed by atoms with E-state index >= 15 is 0 Å². The van der Waals surface area contributed by atoms with Crippen molar-refractivity contribution in [2.24, 2.45) is 13.0 Å². The normalized spacial score (nSPS) is 23.0. The average molecular weight is 353 g/mol. The van der Waals surface area contributed by atoms with E-state index in [1.807, 2.05) is 19.4 Å². The molecule has 1 saturated carbocycles. The van der Waals surface area contributed by atoms with Crippen LogP contribution in [0.3, 0.4) is 0 Å². The van der Waals surface area contributed by atoms with Gasteiger partial charge in [-0.3, -0.25) is 14.4 Å². The molecule has 0 spiro atoms. The van der Waals surface area contributed by atoms with Crippen LogP contribution in [0.2, 0.25) is 0 Å². The van der Waals surface area contributed by atoms with E-state index in [4.69, 9.17) is 0 Å². The van der Waals surface area contributed by atoms with Crippen LogP contribution in [-0.4, -0.2) is 59.9 Å². The van der Waals surface area contributed by atoms with Crippen LogP contribution in [0.5, 0.6) is 0 Å². The molecule has 6 nitrogen and oxygen atoms in total. The fraction of sp³-hybridized carbons (Fsp3) is 0.500. The number of carbonyl (C=O) groups excluding carboxylic acids is 1. The van der Waals surface area contributed by atoms with Crippen LogP contribution in [0.15, 0.2) is 42.7 Å². The molecule has 138 valence electrons. The topological polar surface area (TPSA) is 53.4 Å². The van der Waals surface area contributed by atoms with Gasteiger partial charge in [-0.1, -0.05) is 18.2 Å². The highest BCUT2D eigenvalue weighted by molar-refractivity contribution is 5.82. The number of aromatic nitrogens is 2. The molecule has 2 aromatic rings. The Morgan fingerprint density at radius 3 is 2.65 bits per heavy atom. The number of anilines is 1. The lowest BCUT2D eigenvalue weighted by atomic mass is 10.2. The first-order valence-corrected chi connectivity index (χ1v) is 9.49. The number of carbonyl (C=O) groups is 1. The molecule has 1 aliphatic heterocycles. The highest BCUT2D eigenvalue weighted by Gasteiger charge is 2.44. The molecule has 1 N–H and O–H groups in total. The molecule has 4 rings (SSSR count). The summed E-state index contributed by atoms with van der Waals surface area (Å²) in [6, 6.07) is 10.6. The van der Waals surface area contributed by atoms with E-state index in [1.54, 1.807) is 4.68 Å². The van der Waals surface area contributed by atoms with Gasteiger partial charge in [0.1, 0.15) is 0 Å². The maximum absolute atomic E-state index is 12.3. The first-order valence-electron chi connectivity index (χ1n) is 9.49. The SMILES string of the molecule is Cn1cc(C2CC2C(=O)NCCN2CCN(c3ccccc3)CC2)cn1. The number of nitrogens with zero attached hydrogens (tertiary/aromatic N) is 4. The second-order valence-electron chi connectivity index (χ2n) is 7.35. The van der Waals surface area contributed by atoms with Gasteiger partial charge in [-0.2, -0.15) is 5.10 Å². The van der Waals surface area contributed by atoms with Gasteiger partial charge in [0, 0.05) is 64.1 Å². The van der Waals surface area contributed by atoms with Gasteiger partial charge in [-0.25, -0.2) is 0 Å². The van der Waals surface area contributed by atoms with Crippen molar-refractivity contribution >= 4 is 11.6 Å². The Morgan fingerprint density at radius 2 is 1.96 bits per heavy atom. The summed E-state index contributed by atoms with van der Waals surface area (Å²) in [6.07, 6.45) is 4.85. The quantitative estimate of drug-likeness (QED) is 0.854. The molecule has 2 fully saturated rings. The van der Waals surface area contributed by atoms with Crippen molar-refractivity contribution in [3.63, 3.8) is 0 Å². The lowest BCUT2D eigenvalue weighted by molar-refractivity contribution is -0.122. The Balaban J connectivity index is 1.15. The van der Waals surface area contributed by atoms with Gasteiger partial charge in [-0.15, -0.1) is 0 Å². The summed E-state index contributed by atoms with van der Waals surface area (Å²) in [5, 5.41) is 7.32. The number of hydrogen-bond donors (Lipinski definition) is 1. The summed E-state index contributed by atoms with van der Waals surface area (Å²) in [6.45, 7) is 5.85. The second kappa shape index (κ2) is 7.50. The van der Waals surface area contributed by atoms with Crippen LogP contribution in [-0.2, 0) is 11.8 Å². The predicted octanol–water partition coefficient (Wildman–Crippen LogP) is 1.46. The molecular weight excluding hydrogens is 326 g/mol. The molecule has 2 atom stereocenters. The second-order valence-corrected chi connectivity index (χ2v) is 7.35. The van der Waals surface area contributed by atoms with Crippen molar-refractivity contribution < 1.29 is 4.79 Å². The summed E-state index contributed by atoms with van der Waals surface area (Å²) in [4.78, 5) is 17.2. The molecule has 1 saturated heterocycles. The summed E-state index contributed by atoms with van der Waals surface area (Å²) in [7, 11) is 1.92. The predicted molar refractivity (Wildman–Crippen MR) is 102 cm³/mol. The molecule has 0 radical (unpaired) electrons. The Kier molecular flexibility index (Phi) is 4.93. The van der Waals surface area contributed by atoms with Gasteiger partial charge in [-0.05, 0) is 30.0 Å². The number of nitrogens with one attached hydrogen (secondary N) is 1. The monoisotopic (exact) mass is 353 g/mol. The van der Waals surface area contributed by atoms with Crippen LogP contribution < -0.4 is 10.2 Å². The molecule has 1 amide bonds. The molecular formula is C20H27N5O. The maximum Gasteiger partial charge on any atom is 0.223 e. The van der Waals surface area contributed by atoms with Gasteiger partial charge in [0.2, 0.25) is 5.91 Å². The molecule has 2 unspecified atom stereocenters. The number of para-hydroxylation sites is 1. The maximum atomic E-state index is 12.3. The largest absolute Gasteiger partial charge is 0.369 e. The lowest BCUT2D eigenvalue weighted by Gasteiger charge is -2.36. The van der Waals surface area contributed by atoms with Crippen molar-refractivity contribution in [3.05, 3.63) is 48.3 Å². The van der Waals surface area contributed by atoms with Gasteiger partial charge in [0.25, 0.3) is 0 Å². The Hall–Kier alpha value is -2.34. The van der Waals surface area contributed by atoms with E-state index in [2.05, 4.69) is 50.5 Å². The summed E-state index contributed by atoms with van der Waals surface area (Å²) >= 11 is 0. The van der Waals surface area contributed by atoms with Crippen molar-refractivity contribution in [2.45, 2.75) is 12.3 Å². The van der Waals surface area contributed by atoms with Gasteiger partial charge >= 0.3 is 0 Å². The van der Waals surface area contributed by atoms with E-state index in [-0.39, 0.29) is 11.8 Å². The number of aryl methyl sites for hydroxylation is 1. The molecule has 2 aliphatic rings. The van der Waals surface area contributed by atoms with E-state index in [0.29, 0.717) is 5.92 Å². The number of amides is 1. The number of rotatable bonds is 6. The summed E-state index contributed by atoms with van der Waals surface area (Å²) in [5.74, 6) is 0.689. The Labute approximate surface area is 154 Å². The highest BCUT2D eigenvalue weighted by Crippen LogP contribution is 2.47. The van der Waals surface area contributed by atoms with Crippen molar-refractivity contribution in [1.29, 1.82) is 0 Å². The van der Waals surface area contributed by atoms with Crippen molar-refractivity contribution in [1.82, 2.24) is 20.0 Å². The third-order valence-electron chi connectivity index (χ3n) is 5.50. The van der Waals surface area contributed by atoms with Gasteiger partial charge < -0.3 is 10.2 Å². The van der Waals surface area contributed by atoms with Crippen LogP contribution in [0.4, 0.5) is 5.69 Å². The van der Waals surface area contributed by atoms with Gasteiger partial charge in [0.05, 0.1) is 6.20 Å². The lowest BCUT2D eigenvalue weighted by Crippen LogP contribution is -2.48. The zero-order valence-corrected chi connectivity index (χ0v) is 15.3. The van der Waals surface area contributed by atoms with Crippen LogP contribution in [0, 0.1) is 5.92 Å². The Bertz CT molecular complexity index is 736. The molecule has 6 heteroatoms. The van der Waals surface area contributed by atoms with Gasteiger partial charge in [0.15, 0.2) is 0 Å². The fourth-order valence-corrected chi connectivity index (χ4v) is 3.82. The minimum absolute atomic E-state index is 0.133. The first kappa shape index (κ1) is 17.1. The number of piperazine rings is 1. The van der Waals surface area contributed by atoms with Crippen LogP contribution in [0.1, 0.15) is 17.9 Å². The van der Waals surface area contributed by atoms with Crippen LogP contribution >= 0.6 is 0 Å². The fourth-order valence-electron chi connectivity index (χ4n) is 3.82. The number of hydrogen-bond acceptors (Lipinski definition) is 4. The smallest absolute Gasteiger partial charge is 0.223 e. The molecule has 0 bridgehead atoms.